The van der Waals surface area contributed by atoms with Crippen LogP contribution in [0.4, 0.5) is 5.69 Å². The summed E-state index contributed by atoms with van der Waals surface area (Å²) in [6.45, 7) is 0.122. The van der Waals surface area contributed by atoms with Gasteiger partial charge in [-0.3, -0.25) is 14.9 Å². The van der Waals surface area contributed by atoms with Crippen LogP contribution in [0, 0.1) is 10.1 Å². The number of nitrogens with zero attached hydrogens (tertiary/aromatic N) is 2. The van der Waals surface area contributed by atoms with Crippen LogP contribution in [-0.4, -0.2) is 9.49 Å². The second-order valence-electron chi connectivity index (χ2n) is 3.70. The van der Waals surface area contributed by atoms with Crippen LogP contribution in [0.2, 0.25) is 5.02 Å². The van der Waals surface area contributed by atoms with Crippen LogP contribution >= 0.6 is 11.6 Å². The van der Waals surface area contributed by atoms with Gasteiger partial charge in [0, 0.05) is 23.4 Å². The highest BCUT2D eigenvalue weighted by molar-refractivity contribution is 6.30. The Morgan fingerprint density at radius 3 is 2.72 bits per heavy atom. The first-order chi connectivity index (χ1) is 8.58. The molecule has 0 saturated heterocycles. The number of halogens is 1. The summed E-state index contributed by atoms with van der Waals surface area (Å²) >= 11 is 5.82. The van der Waals surface area contributed by atoms with Crippen LogP contribution in [0.3, 0.4) is 0 Å². The topological polar surface area (TPSA) is 65.1 Å². The minimum absolute atomic E-state index is 0.0462. The highest BCUT2D eigenvalue weighted by atomic mass is 35.5. The number of hydrogen-bond donors (Lipinski definition) is 0. The number of hydrogen-bond acceptors (Lipinski definition) is 3. The van der Waals surface area contributed by atoms with E-state index in [4.69, 9.17) is 11.6 Å². The predicted molar refractivity (Wildman–Crippen MR) is 67.9 cm³/mol. The molecule has 0 saturated carbocycles. The molecule has 0 unspecified atom stereocenters. The highest BCUT2D eigenvalue weighted by Gasteiger charge is 2.14. The van der Waals surface area contributed by atoms with Crippen molar-refractivity contribution in [1.29, 1.82) is 0 Å². The number of nitro benzene ring substituents is 1. The lowest BCUT2D eigenvalue weighted by Crippen LogP contribution is -2.18. The second kappa shape index (κ2) is 5.01. The lowest BCUT2D eigenvalue weighted by atomic mass is 10.2. The maximum atomic E-state index is 11.5. The van der Waals surface area contributed by atoms with E-state index >= 15 is 0 Å². The van der Waals surface area contributed by atoms with Crippen molar-refractivity contribution in [2.24, 2.45) is 0 Å². The molecule has 0 radical (unpaired) electrons. The van der Waals surface area contributed by atoms with E-state index in [1.165, 1.54) is 28.8 Å². The van der Waals surface area contributed by atoms with Gasteiger partial charge < -0.3 is 4.57 Å². The average Bonchev–Trinajstić information content (AvgIpc) is 2.32. The molecular weight excluding hydrogens is 256 g/mol. The Bertz CT molecular complexity index is 652. The van der Waals surface area contributed by atoms with Crippen LogP contribution in [-0.2, 0) is 6.54 Å². The van der Waals surface area contributed by atoms with Gasteiger partial charge in [-0.15, -0.1) is 0 Å². The molecule has 6 heteroatoms. The molecule has 0 fully saturated rings. The Balaban J connectivity index is 2.46. The van der Waals surface area contributed by atoms with Gasteiger partial charge in [-0.05, 0) is 18.2 Å². The number of benzene rings is 1. The Morgan fingerprint density at radius 1 is 1.28 bits per heavy atom. The fraction of sp³-hybridized carbons (Fsp3) is 0.0833. The van der Waals surface area contributed by atoms with Gasteiger partial charge in [-0.2, -0.15) is 0 Å². The summed E-state index contributed by atoms with van der Waals surface area (Å²) in [6, 6.07) is 9.00. The Labute approximate surface area is 107 Å². The summed E-state index contributed by atoms with van der Waals surface area (Å²) in [4.78, 5) is 21.9. The molecule has 2 rings (SSSR count). The van der Waals surface area contributed by atoms with Gasteiger partial charge >= 0.3 is 0 Å². The molecule has 0 aliphatic carbocycles. The zero-order valence-corrected chi connectivity index (χ0v) is 10.0. The highest BCUT2D eigenvalue weighted by Crippen LogP contribution is 2.23. The zero-order valence-electron chi connectivity index (χ0n) is 9.25. The van der Waals surface area contributed by atoms with E-state index in [-0.39, 0.29) is 17.8 Å². The lowest BCUT2D eigenvalue weighted by Gasteiger charge is -2.06. The van der Waals surface area contributed by atoms with Crippen molar-refractivity contribution < 1.29 is 4.92 Å². The van der Waals surface area contributed by atoms with E-state index in [1.807, 2.05) is 0 Å². The normalized spacial score (nSPS) is 10.3. The van der Waals surface area contributed by atoms with Gasteiger partial charge in [0.15, 0.2) is 0 Å². The molecular formula is C12H9ClN2O3. The average molecular weight is 265 g/mol. The quantitative estimate of drug-likeness (QED) is 0.632. The molecule has 2 aromatic rings. The summed E-state index contributed by atoms with van der Waals surface area (Å²) in [5, 5.41) is 11.3. The Morgan fingerprint density at radius 2 is 2.06 bits per heavy atom. The largest absolute Gasteiger partial charge is 0.311 e. The molecule has 1 heterocycles. The third kappa shape index (κ3) is 2.57. The minimum atomic E-state index is -0.486. The van der Waals surface area contributed by atoms with Gasteiger partial charge in [0.2, 0.25) is 0 Å². The van der Waals surface area contributed by atoms with Crippen molar-refractivity contribution >= 4 is 17.3 Å². The van der Waals surface area contributed by atoms with E-state index in [1.54, 1.807) is 18.3 Å². The first kappa shape index (κ1) is 12.3. The lowest BCUT2D eigenvalue weighted by molar-refractivity contribution is -0.385. The second-order valence-corrected chi connectivity index (χ2v) is 4.13. The minimum Gasteiger partial charge on any atom is -0.311 e. The standard InChI is InChI=1S/C12H9ClN2O3/c13-10-4-5-11(15(17)18)9(7-10)8-14-6-2-1-3-12(14)16/h1-7H,8H2. The van der Waals surface area contributed by atoms with Gasteiger partial charge in [0.1, 0.15) is 0 Å². The SMILES string of the molecule is O=c1ccccn1Cc1cc(Cl)ccc1[N+](=O)[O-]. The van der Waals surface area contributed by atoms with Crippen LogP contribution in [0.15, 0.2) is 47.4 Å². The van der Waals surface area contributed by atoms with Gasteiger partial charge in [-0.1, -0.05) is 17.7 Å². The number of aromatic nitrogens is 1. The molecule has 0 amide bonds. The van der Waals surface area contributed by atoms with Crippen LogP contribution in [0.25, 0.3) is 0 Å². The smallest absolute Gasteiger partial charge is 0.274 e. The molecule has 0 N–H and O–H groups in total. The van der Waals surface area contributed by atoms with E-state index in [0.717, 1.165) is 0 Å². The molecule has 18 heavy (non-hydrogen) atoms. The zero-order chi connectivity index (χ0) is 13.1. The predicted octanol–water partition coefficient (Wildman–Crippen LogP) is 2.46. The molecule has 0 spiro atoms. The molecule has 92 valence electrons. The third-order valence-electron chi connectivity index (χ3n) is 2.48. The van der Waals surface area contributed by atoms with Crippen LogP contribution in [0.5, 0.6) is 0 Å². The Hall–Kier alpha value is -2.14. The van der Waals surface area contributed by atoms with E-state index in [0.29, 0.717) is 10.6 Å². The third-order valence-corrected chi connectivity index (χ3v) is 2.71. The molecule has 1 aromatic carbocycles. The van der Waals surface area contributed by atoms with Crippen molar-refractivity contribution in [3.8, 4) is 0 Å². The maximum Gasteiger partial charge on any atom is 0.274 e. The first-order valence-corrected chi connectivity index (χ1v) is 5.54. The summed E-state index contributed by atoms with van der Waals surface area (Å²) < 4.78 is 1.39. The summed E-state index contributed by atoms with van der Waals surface area (Å²) in [6.07, 6.45) is 1.58. The van der Waals surface area contributed by atoms with Crippen molar-refractivity contribution in [3.05, 3.63) is 73.6 Å². The van der Waals surface area contributed by atoms with Crippen molar-refractivity contribution in [2.45, 2.75) is 6.54 Å². The van der Waals surface area contributed by atoms with Gasteiger partial charge in [-0.25, -0.2) is 0 Å². The fourth-order valence-electron chi connectivity index (χ4n) is 1.63. The molecule has 0 aliphatic rings. The molecule has 0 aliphatic heterocycles. The number of pyridine rings is 1. The molecule has 0 atom stereocenters. The van der Waals surface area contributed by atoms with E-state index < -0.39 is 4.92 Å². The summed E-state index contributed by atoms with van der Waals surface area (Å²) in [7, 11) is 0. The van der Waals surface area contributed by atoms with Crippen molar-refractivity contribution in [3.63, 3.8) is 0 Å². The summed E-state index contributed by atoms with van der Waals surface area (Å²) in [5.74, 6) is 0. The summed E-state index contributed by atoms with van der Waals surface area (Å²) in [5.41, 5.74) is 0.141. The number of nitro groups is 1. The van der Waals surface area contributed by atoms with Gasteiger partial charge in [0.05, 0.1) is 17.0 Å². The van der Waals surface area contributed by atoms with Crippen molar-refractivity contribution in [1.82, 2.24) is 4.57 Å². The van der Waals surface area contributed by atoms with Gasteiger partial charge in [0.25, 0.3) is 11.2 Å². The Kier molecular flexibility index (Phi) is 3.43. The first-order valence-electron chi connectivity index (χ1n) is 5.16. The molecule has 5 nitrogen and oxygen atoms in total. The number of rotatable bonds is 3. The maximum absolute atomic E-state index is 11.5. The molecule has 1 aromatic heterocycles. The molecule has 0 bridgehead atoms. The fourth-order valence-corrected chi connectivity index (χ4v) is 1.83. The van der Waals surface area contributed by atoms with E-state index in [2.05, 4.69) is 0 Å². The van der Waals surface area contributed by atoms with Crippen LogP contribution in [0.1, 0.15) is 5.56 Å². The van der Waals surface area contributed by atoms with Crippen molar-refractivity contribution in [2.75, 3.05) is 0 Å². The van der Waals surface area contributed by atoms with Crippen LogP contribution < -0.4 is 5.56 Å². The monoisotopic (exact) mass is 264 g/mol. The van der Waals surface area contributed by atoms with E-state index in [9.17, 15) is 14.9 Å².